The normalized spacial score (nSPS) is 17.1. The Bertz CT molecular complexity index is 1350. The van der Waals surface area contributed by atoms with E-state index in [1.54, 1.807) is 29.5 Å². The first-order chi connectivity index (χ1) is 18.8. The molecule has 4 heterocycles. The summed E-state index contributed by atoms with van der Waals surface area (Å²) < 4.78 is 13.6. The lowest BCUT2D eigenvalue weighted by Crippen LogP contribution is -2.41. The van der Waals surface area contributed by atoms with Gasteiger partial charge in [-0.3, -0.25) is 4.79 Å². The number of thiophene rings is 1. The number of rotatable bonds is 8. The van der Waals surface area contributed by atoms with E-state index in [9.17, 15) is 9.18 Å². The van der Waals surface area contributed by atoms with E-state index >= 15 is 0 Å². The number of hydrogen-bond acceptors (Lipinski definition) is 7. The molecule has 2 aliphatic rings. The number of likely N-dealkylation sites (N-methyl/N-ethyl adjacent to an activating group) is 1. The number of nitrogens with one attached hydrogen (secondary N) is 1. The van der Waals surface area contributed by atoms with Gasteiger partial charge in [-0.05, 0) is 82.9 Å². The number of carbonyl (C=O) groups is 1. The molecule has 0 bridgehead atoms. The summed E-state index contributed by atoms with van der Waals surface area (Å²) in [7, 11) is 2.14. The molecule has 0 unspecified atom stereocenters. The Labute approximate surface area is 238 Å². The van der Waals surface area contributed by atoms with Crippen LogP contribution in [-0.4, -0.2) is 76.4 Å². The molecule has 1 aromatic carbocycles. The van der Waals surface area contributed by atoms with Crippen molar-refractivity contribution >= 4 is 50.6 Å². The predicted molar refractivity (Wildman–Crippen MR) is 157 cm³/mol. The van der Waals surface area contributed by atoms with Gasteiger partial charge in [0.15, 0.2) is 0 Å². The fraction of sp³-hybridized carbons (Fsp3) is 0.483. The van der Waals surface area contributed by atoms with Crippen molar-refractivity contribution in [3.63, 3.8) is 0 Å². The van der Waals surface area contributed by atoms with Crippen molar-refractivity contribution in [2.24, 2.45) is 5.92 Å². The van der Waals surface area contributed by atoms with Gasteiger partial charge in [-0.15, -0.1) is 11.3 Å². The van der Waals surface area contributed by atoms with E-state index in [4.69, 9.17) is 11.6 Å². The van der Waals surface area contributed by atoms with E-state index in [1.165, 1.54) is 43.9 Å². The smallest absolute Gasteiger partial charge is 0.246 e. The molecular weight excluding hydrogens is 535 g/mol. The average molecular weight is 571 g/mol. The molecule has 0 radical (unpaired) electrons. The van der Waals surface area contributed by atoms with Crippen LogP contribution in [0.5, 0.6) is 0 Å². The maximum Gasteiger partial charge on any atom is 0.246 e. The van der Waals surface area contributed by atoms with Crippen LogP contribution in [-0.2, 0) is 17.8 Å². The van der Waals surface area contributed by atoms with Crippen LogP contribution in [0.3, 0.4) is 0 Å². The Morgan fingerprint density at radius 1 is 1.28 bits per heavy atom. The van der Waals surface area contributed by atoms with Crippen molar-refractivity contribution in [3.05, 3.63) is 58.0 Å². The number of anilines is 2. The summed E-state index contributed by atoms with van der Waals surface area (Å²) in [5.41, 5.74) is 1.83. The van der Waals surface area contributed by atoms with Gasteiger partial charge in [0.1, 0.15) is 22.8 Å². The molecule has 10 heteroatoms. The largest absolute Gasteiger partial charge is 0.340 e. The quantitative estimate of drug-likeness (QED) is 0.349. The average Bonchev–Trinajstić information content (AvgIpc) is 3.30. The maximum atomic E-state index is 13.6. The molecule has 2 aliphatic heterocycles. The van der Waals surface area contributed by atoms with E-state index in [0.717, 1.165) is 40.5 Å². The van der Waals surface area contributed by atoms with Crippen molar-refractivity contribution in [1.29, 1.82) is 0 Å². The van der Waals surface area contributed by atoms with Crippen LogP contribution in [0.4, 0.5) is 15.9 Å². The van der Waals surface area contributed by atoms with Crippen molar-refractivity contribution in [2.45, 2.75) is 45.7 Å². The third kappa shape index (κ3) is 6.60. The van der Waals surface area contributed by atoms with E-state index < -0.39 is 5.82 Å². The molecule has 0 saturated carbocycles. The highest BCUT2D eigenvalue weighted by Crippen LogP contribution is 2.38. The van der Waals surface area contributed by atoms with Gasteiger partial charge in [0, 0.05) is 42.3 Å². The lowest BCUT2D eigenvalue weighted by Gasteiger charge is -2.35. The van der Waals surface area contributed by atoms with Crippen LogP contribution in [0, 0.1) is 11.7 Å². The van der Waals surface area contributed by atoms with E-state index in [-0.39, 0.29) is 10.9 Å². The second-order valence-corrected chi connectivity index (χ2v) is 12.4. The topological polar surface area (TPSA) is 64.6 Å². The predicted octanol–water partition coefficient (Wildman–Crippen LogP) is 5.72. The Morgan fingerprint density at radius 3 is 2.82 bits per heavy atom. The summed E-state index contributed by atoms with van der Waals surface area (Å²) in [6.45, 7) is 9.96. The summed E-state index contributed by atoms with van der Waals surface area (Å²) >= 11 is 7.55. The van der Waals surface area contributed by atoms with E-state index in [0.29, 0.717) is 30.6 Å². The van der Waals surface area contributed by atoms with Crippen LogP contribution in [0.25, 0.3) is 10.2 Å². The first kappa shape index (κ1) is 28.0. The van der Waals surface area contributed by atoms with Crippen molar-refractivity contribution in [3.8, 4) is 0 Å². The number of nitrogens with zero attached hydrogens (tertiary/aromatic N) is 5. The van der Waals surface area contributed by atoms with Gasteiger partial charge in [-0.25, -0.2) is 14.4 Å². The van der Waals surface area contributed by atoms with Crippen molar-refractivity contribution in [2.75, 3.05) is 45.1 Å². The Morgan fingerprint density at radius 2 is 2.08 bits per heavy atom. The molecule has 0 atom stereocenters. The first-order valence-electron chi connectivity index (χ1n) is 13.6. The van der Waals surface area contributed by atoms with Crippen molar-refractivity contribution < 1.29 is 9.18 Å². The number of halogens is 2. The van der Waals surface area contributed by atoms with Crippen molar-refractivity contribution in [1.82, 2.24) is 24.7 Å². The van der Waals surface area contributed by atoms with Gasteiger partial charge in [0.25, 0.3) is 0 Å². The number of hydrogen-bond donors (Lipinski definition) is 1. The minimum Gasteiger partial charge on any atom is -0.340 e. The fourth-order valence-corrected chi connectivity index (χ4v) is 6.91. The molecule has 39 heavy (non-hydrogen) atoms. The second-order valence-electron chi connectivity index (χ2n) is 10.9. The number of amides is 1. The summed E-state index contributed by atoms with van der Waals surface area (Å²) in [5, 5.41) is 4.28. The molecule has 5 rings (SSSR count). The number of benzene rings is 1. The molecule has 0 aliphatic carbocycles. The highest BCUT2D eigenvalue weighted by atomic mass is 35.5. The molecule has 1 N–H and O–H groups in total. The van der Waals surface area contributed by atoms with Crippen LogP contribution >= 0.6 is 22.9 Å². The van der Waals surface area contributed by atoms with Gasteiger partial charge in [0.05, 0.1) is 17.0 Å². The summed E-state index contributed by atoms with van der Waals surface area (Å²) in [6.07, 6.45) is 8.46. The minimum absolute atomic E-state index is 0.0436. The monoisotopic (exact) mass is 570 g/mol. The third-order valence-corrected chi connectivity index (χ3v) is 9.17. The molecular formula is C29H36ClFN6OS. The van der Waals surface area contributed by atoms with Crippen LogP contribution < -0.4 is 5.32 Å². The summed E-state index contributed by atoms with van der Waals surface area (Å²) in [5.74, 6) is 0.973. The molecule has 1 saturated heterocycles. The molecule has 0 spiro atoms. The number of piperidine rings is 1. The van der Waals surface area contributed by atoms with Gasteiger partial charge >= 0.3 is 0 Å². The zero-order valence-electron chi connectivity index (χ0n) is 22.8. The van der Waals surface area contributed by atoms with Crippen LogP contribution in [0.15, 0.2) is 36.7 Å². The molecule has 1 amide bonds. The Hall–Kier alpha value is -2.59. The fourth-order valence-electron chi connectivity index (χ4n) is 5.53. The number of fused-ring (bicyclic) bond motifs is 3. The lowest BCUT2D eigenvalue weighted by molar-refractivity contribution is -0.126. The molecule has 1 fully saturated rings. The highest BCUT2D eigenvalue weighted by Gasteiger charge is 2.26. The SMILES string of the molecule is CC(C)N1CCC(CN(C)C/C=C/C(=O)N2CCc3c(sc4ncnc(Nc5ccc(F)c(Cl)c5)c34)C2)CC1. The van der Waals surface area contributed by atoms with Gasteiger partial charge in [-0.2, -0.15) is 0 Å². The Kier molecular flexibility index (Phi) is 8.81. The zero-order chi connectivity index (χ0) is 27.5. The standard InChI is InChI=1S/C29H36ClFN6OS/c1-19(2)36-12-8-20(9-13-36)16-35(3)11-4-5-26(38)37-14-10-22-25(17-37)39-29-27(22)28(32-18-33-29)34-21-6-7-24(31)23(30)15-21/h4-7,15,18-20H,8-14,16-17H2,1-3H3,(H,32,33,34)/b5-4+. The van der Waals surface area contributed by atoms with Crippen LogP contribution in [0.2, 0.25) is 5.02 Å². The van der Waals surface area contributed by atoms with E-state index in [1.807, 2.05) is 11.0 Å². The van der Waals surface area contributed by atoms with Crippen LogP contribution in [0.1, 0.15) is 37.1 Å². The first-order valence-corrected chi connectivity index (χ1v) is 14.8. The lowest BCUT2D eigenvalue weighted by atomic mass is 9.95. The number of carbonyl (C=O) groups excluding carboxylic acids is 1. The maximum absolute atomic E-state index is 13.6. The third-order valence-electron chi connectivity index (χ3n) is 7.76. The zero-order valence-corrected chi connectivity index (χ0v) is 24.4. The minimum atomic E-state index is -0.462. The molecule has 208 valence electrons. The van der Waals surface area contributed by atoms with Gasteiger partial charge in [0.2, 0.25) is 5.91 Å². The van der Waals surface area contributed by atoms with E-state index in [2.05, 4.69) is 46.0 Å². The highest BCUT2D eigenvalue weighted by molar-refractivity contribution is 7.19. The second kappa shape index (κ2) is 12.3. The molecule has 3 aromatic rings. The van der Waals surface area contributed by atoms with Gasteiger partial charge < -0.3 is 20.0 Å². The number of aromatic nitrogens is 2. The summed E-state index contributed by atoms with van der Waals surface area (Å²) in [4.78, 5) is 30.7. The Balaban J connectivity index is 1.18. The molecule has 2 aromatic heterocycles. The summed E-state index contributed by atoms with van der Waals surface area (Å²) in [6, 6.07) is 5.14. The van der Waals surface area contributed by atoms with Gasteiger partial charge in [-0.1, -0.05) is 17.7 Å². The number of likely N-dealkylation sites (tertiary alicyclic amines) is 1. The molecule has 7 nitrogen and oxygen atoms in total.